The molecule has 1 atom stereocenters. The van der Waals surface area contributed by atoms with Crippen LogP contribution in [0.25, 0.3) is 6.08 Å². The molecule has 1 unspecified atom stereocenters. The summed E-state index contributed by atoms with van der Waals surface area (Å²) in [6.07, 6.45) is 1.18. The molecule has 1 N–H and O–H groups in total. The van der Waals surface area contributed by atoms with Crippen molar-refractivity contribution in [3.63, 3.8) is 0 Å². The number of hydrogen-bond acceptors (Lipinski definition) is 5. The Morgan fingerprint density at radius 2 is 1.65 bits per heavy atom. The van der Waals surface area contributed by atoms with Gasteiger partial charge in [-0.05, 0) is 60.5 Å². The van der Waals surface area contributed by atoms with Crippen molar-refractivity contribution < 1.29 is 23.9 Å². The second-order valence-corrected chi connectivity index (χ2v) is 7.95. The highest BCUT2D eigenvalue weighted by Gasteiger charge is 2.36. The van der Waals surface area contributed by atoms with Gasteiger partial charge in [0.1, 0.15) is 11.7 Å². The van der Waals surface area contributed by atoms with Crippen LogP contribution in [0.15, 0.2) is 78.4 Å². The van der Waals surface area contributed by atoms with Gasteiger partial charge in [-0.1, -0.05) is 48.0 Å². The van der Waals surface area contributed by atoms with Gasteiger partial charge in [-0.15, -0.1) is 0 Å². The zero-order valence-electron chi connectivity index (χ0n) is 18.4. The molecule has 172 valence electrons. The molecule has 3 aromatic carbocycles. The van der Waals surface area contributed by atoms with Crippen LogP contribution in [-0.4, -0.2) is 25.0 Å². The molecule has 34 heavy (non-hydrogen) atoms. The molecule has 1 heterocycles. The van der Waals surface area contributed by atoms with E-state index in [4.69, 9.17) is 21.1 Å². The Kier molecular flexibility index (Phi) is 6.65. The van der Waals surface area contributed by atoms with E-state index < -0.39 is 17.8 Å². The first-order chi connectivity index (χ1) is 16.4. The normalized spacial score (nSPS) is 15.8. The fourth-order valence-corrected chi connectivity index (χ4v) is 3.63. The number of carbonyl (C=O) groups excluding carboxylic acids is 3. The fourth-order valence-electron chi connectivity index (χ4n) is 3.50. The predicted molar refractivity (Wildman–Crippen MR) is 129 cm³/mol. The van der Waals surface area contributed by atoms with Gasteiger partial charge in [-0.25, -0.2) is 9.69 Å². The van der Waals surface area contributed by atoms with Crippen molar-refractivity contribution >= 4 is 41.2 Å². The van der Waals surface area contributed by atoms with Crippen molar-refractivity contribution in [3.05, 3.63) is 94.5 Å². The molecule has 0 spiro atoms. The summed E-state index contributed by atoms with van der Waals surface area (Å²) in [5.74, 6) is -0.574. The molecule has 0 aliphatic carbocycles. The number of nitrogens with one attached hydrogen (secondary N) is 1. The number of benzene rings is 3. The second kappa shape index (κ2) is 9.80. The van der Waals surface area contributed by atoms with E-state index in [9.17, 15) is 14.4 Å². The number of amides is 4. The first kappa shape index (κ1) is 23.1. The standard InChI is InChI=1S/C26H21ClN2O5/c1-16(18-6-4-3-5-7-18)34-22-13-8-17(15-23(22)33-2)14-21-24(30)28-26(32)29(25(21)31)20-11-9-19(27)10-12-20/h3-16H,1-2H3,(H,28,30,32)/b21-14-. The zero-order chi connectivity index (χ0) is 24.2. The average Bonchev–Trinajstić information content (AvgIpc) is 2.84. The van der Waals surface area contributed by atoms with Crippen molar-refractivity contribution in [3.8, 4) is 11.5 Å². The van der Waals surface area contributed by atoms with Crippen LogP contribution in [0.1, 0.15) is 24.2 Å². The SMILES string of the molecule is COc1cc(/C=C2/C(=O)NC(=O)N(c3ccc(Cl)cc3)C2=O)ccc1OC(C)c1ccccc1. The summed E-state index contributed by atoms with van der Waals surface area (Å²) in [6, 6.07) is 20.1. The van der Waals surface area contributed by atoms with E-state index in [1.165, 1.54) is 25.3 Å². The van der Waals surface area contributed by atoms with Crippen LogP contribution in [0.2, 0.25) is 5.02 Å². The number of carbonyl (C=O) groups is 3. The minimum Gasteiger partial charge on any atom is -0.493 e. The lowest BCUT2D eigenvalue weighted by Gasteiger charge is -2.26. The highest BCUT2D eigenvalue weighted by molar-refractivity contribution is 6.39. The third-order valence-electron chi connectivity index (χ3n) is 5.26. The van der Waals surface area contributed by atoms with Crippen molar-refractivity contribution in [2.45, 2.75) is 13.0 Å². The van der Waals surface area contributed by atoms with E-state index in [-0.39, 0.29) is 11.7 Å². The number of anilines is 1. The van der Waals surface area contributed by atoms with Gasteiger partial charge in [-0.3, -0.25) is 14.9 Å². The fraction of sp³-hybridized carbons (Fsp3) is 0.115. The summed E-state index contributed by atoms with van der Waals surface area (Å²) in [7, 11) is 1.51. The number of nitrogens with zero attached hydrogens (tertiary/aromatic N) is 1. The largest absolute Gasteiger partial charge is 0.493 e. The highest BCUT2D eigenvalue weighted by atomic mass is 35.5. The number of imide groups is 2. The Morgan fingerprint density at radius 3 is 2.32 bits per heavy atom. The molecule has 1 aliphatic rings. The van der Waals surface area contributed by atoms with Gasteiger partial charge >= 0.3 is 6.03 Å². The lowest BCUT2D eigenvalue weighted by Crippen LogP contribution is -2.54. The minimum atomic E-state index is -0.828. The highest BCUT2D eigenvalue weighted by Crippen LogP contribution is 2.33. The molecule has 0 radical (unpaired) electrons. The Balaban J connectivity index is 1.62. The molecule has 7 nitrogen and oxygen atoms in total. The molecule has 0 saturated carbocycles. The maximum absolute atomic E-state index is 13.0. The van der Waals surface area contributed by atoms with Gasteiger partial charge in [0.25, 0.3) is 11.8 Å². The topological polar surface area (TPSA) is 84.9 Å². The molecule has 3 aromatic rings. The molecular weight excluding hydrogens is 456 g/mol. The van der Waals surface area contributed by atoms with E-state index in [0.717, 1.165) is 10.5 Å². The van der Waals surface area contributed by atoms with E-state index in [2.05, 4.69) is 5.32 Å². The Morgan fingerprint density at radius 1 is 0.941 bits per heavy atom. The first-order valence-corrected chi connectivity index (χ1v) is 10.8. The number of ether oxygens (including phenoxy) is 2. The van der Waals surface area contributed by atoms with Gasteiger partial charge in [0.15, 0.2) is 11.5 Å². The van der Waals surface area contributed by atoms with Crippen LogP contribution < -0.4 is 19.7 Å². The van der Waals surface area contributed by atoms with Crippen LogP contribution in [-0.2, 0) is 9.59 Å². The molecule has 4 amide bonds. The number of urea groups is 1. The van der Waals surface area contributed by atoms with Gasteiger partial charge in [0.2, 0.25) is 0 Å². The Labute approximate surface area is 201 Å². The maximum atomic E-state index is 13.0. The number of rotatable bonds is 6. The van der Waals surface area contributed by atoms with Crippen LogP contribution in [0.3, 0.4) is 0 Å². The predicted octanol–water partition coefficient (Wildman–Crippen LogP) is 5.16. The minimum absolute atomic E-state index is 0.192. The van der Waals surface area contributed by atoms with Gasteiger partial charge in [0, 0.05) is 5.02 Å². The maximum Gasteiger partial charge on any atom is 0.335 e. The molecule has 8 heteroatoms. The molecule has 1 saturated heterocycles. The van der Waals surface area contributed by atoms with Crippen LogP contribution in [0, 0.1) is 0 Å². The smallest absolute Gasteiger partial charge is 0.335 e. The molecule has 0 aromatic heterocycles. The van der Waals surface area contributed by atoms with E-state index in [1.807, 2.05) is 37.3 Å². The molecule has 4 rings (SSSR count). The third kappa shape index (κ3) is 4.79. The number of methoxy groups -OCH3 is 1. The van der Waals surface area contributed by atoms with E-state index in [1.54, 1.807) is 30.3 Å². The Bertz CT molecular complexity index is 1270. The van der Waals surface area contributed by atoms with Crippen LogP contribution >= 0.6 is 11.6 Å². The second-order valence-electron chi connectivity index (χ2n) is 7.52. The molecular formula is C26H21ClN2O5. The molecule has 1 aliphatic heterocycles. The monoisotopic (exact) mass is 476 g/mol. The van der Waals surface area contributed by atoms with Crippen LogP contribution in [0.5, 0.6) is 11.5 Å². The Hall–Kier alpha value is -4.10. The summed E-state index contributed by atoms with van der Waals surface area (Å²) in [4.78, 5) is 38.7. The number of hydrogen-bond donors (Lipinski definition) is 1. The average molecular weight is 477 g/mol. The van der Waals surface area contributed by atoms with Crippen molar-refractivity contribution in [1.82, 2.24) is 5.32 Å². The van der Waals surface area contributed by atoms with Crippen LogP contribution in [0.4, 0.5) is 10.5 Å². The first-order valence-electron chi connectivity index (χ1n) is 10.4. The summed E-state index contributed by atoms with van der Waals surface area (Å²) in [5.41, 5.74) is 1.64. The number of halogens is 1. The molecule has 1 fully saturated rings. The summed E-state index contributed by atoms with van der Waals surface area (Å²) >= 11 is 5.90. The van der Waals surface area contributed by atoms with Crippen molar-refractivity contribution in [1.29, 1.82) is 0 Å². The lowest BCUT2D eigenvalue weighted by molar-refractivity contribution is -0.122. The summed E-state index contributed by atoms with van der Waals surface area (Å²) in [6.45, 7) is 1.93. The quantitative estimate of drug-likeness (QED) is 0.392. The summed E-state index contributed by atoms with van der Waals surface area (Å²) in [5, 5.41) is 2.65. The van der Waals surface area contributed by atoms with Gasteiger partial charge in [0.05, 0.1) is 12.8 Å². The third-order valence-corrected chi connectivity index (χ3v) is 5.51. The van der Waals surface area contributed by atoms with Crippen molar-refractivity contribution in [2.75, 3.05) is 12.0 Å². The van der Waals surface area contributed by atoms with E-state index >= 15 is 0 Å². The van der Waals surface area contributed by atoms with E-state index in [0.29, 0.717) is 27.8 Å². The summed E-state index contributed by atoms with van der Waals surface area (Å²) < 4.78 is 11.5. The van der Waals surface area contributed by atoms with Gasteiger partial charge in [-0.2, -0.15) is 0 Å². The van der Waals surface area contributed by atoms with Gasteiger partial charge < -0.3 is 9.47 Å². The molecule has 0 bridgehead atoms. The van der Waals surface area contributed by atoms with Crippen molar-refractivity contribution in [2.24, 2.45) is 0 Å². The zero-order valence-corrected chi connectivity index (χ0v) is 19.2. The number of barbiturate groups is 1. The lowest BCUT2D eigenvalue weighted by atomic mass is 10.1.